The number of rotatable bonds is 10. The molecule has 0 bridgehead atoms. The quantitative estimate of drug-likeness (QED) is 0.437. The Labute approximate surface area is 207 Å². The molecular weight excluding hydrogens is 464 g/mol. The van der Waals surface area contributed by atoms with Crippen molar-refractivity contribution in [3.63, 3.8) is 0 Å². The summed E-state index contributed by atoms with van der Waals surface area (Å²) >= 11 is 0. The number of ether oxygens (including phenoxy) is 2. The number of methoxy groups -OCH3 is 2. The molecule has 3 aromatic carbocycles. The van der Waals surface area contributed by atoms with Gasteiger partial charge in [-0.1, -0.05) is 37.3 Å². The van der Waals surface area contributed by atoms with Crippen molar-refractivity contribution in [2.24, 2.45) is 0 Å². The molecule has 0 saturated heterocycles. The van der Waals surface area contributed by atoms with Gasteiger partial charge in [-0.15, -0.1) is 0 Å². The average Bonchev–Trinajstić information content (AvgIpc) is 2.87. The van der Waals surface area contributed by atoms with E-state index in [1.54, 1.807) is 50.6 Å². The molecule has 0 spiro atoms. The van der Waals surface area contributed by atoms with Crippen LogP contribution in [0.25, 0.3) is 0 Å². The Bertz CT molecular complexity index is 1280. The van der Waals surface area contributed by atoms with Crippen LogP contribution in [0.2, 0.25) is 0 Å². The molecule has 8 heteroatoms. The van der Waals surface area contributed by atoms with Crippen LogP contribution >= 0.6 is 0 Å². The largest absolute Gasteiger partial charge is 0.493 e. The maximum atomic E-state index is 13.6. The van der Waals surface area contributed by atoms with E-state index >= 15 is 0 Å². The molecule has 186 valence electrons. The van der Waals surface area contributed by atoms with E-state index in [1.807, 2.05) is 39.0 Å². The van der Waals surface area contributed by atoms with E-state index in [4.69, 9.17) is 9.47 Å². The SMILES string of the molecule is CCC(NC(=O)CN(c1ccc(C)c(C)c1)S(=O)(=O)c1ccccc1)c1ccc(OC)c(OC)c1. The fourth-order valence-corrected chi connectivity index (χ4v) is 5.21. The van der Waals surface area contributed by atoms with Crippen LogP contribution in [0.15, 0.2) is 71.6 Å². The second-order valence-electron chi connectivity index (χ2n) is 8.24. The minimum atomic E-state index is -3.97. The van der Waals surface area contributed by atoms with Gasteiger partial charge in [0.15, 0.2) is 11.5 Å². The molecule has 0 saturated carbocycles. The van der Waals surface area contributed by atoms with Crippen LogP contribution in [-0.4, -0.2) is 35.1 Å². The Balaban J connectivity index is 1.92. The molecule has 35 heavy (non-hydrogen) atoms. The van der Waals surface area contributed by atoms with Crippen molar-refractivity contribution in [3.8, 4) is 11.5 Å². The topological polar surface area (TPSA) is 84.9 Å². The van der Waals surface area contributed by atoms with E-state index in [0.29, 0.717) is 23.6 Å². The molecular formula is C27H32N2O5S. The van der Waals surface area contributed by atoms with Gasteiger partial charge in [-0.3, -0.25) is 9.10 Å². The summed E-state index contributed by atoms with van der Waals surface area (Å²) in [6.07, 6.45) is 0.607. The third-order valence-electron chi connectivity index (χ3n) is 5.95. The van der Waals surface area contributed by atoms with E-state index in [-0.39, 0.29) is 17.5 Å². The number of nitrogens with zero attached hydrogens (tertiary/aromatic N) is 1. The number of amides is 1. The number of nitrogens with one attached hydrogen (secondary N) is 1. The lowest BCUT2D eigenvalue weighted by Crippen LogP contribution is -2.42. The van der Waals surface area contributed by atoms with Crippen LogP contribution in [-0.2, 0) is 14.8 Å². The van der Waals surface area contributed by atoms with Gasteiger partial charge >= 0.3 is 0 Å². The molecule has 1 atom stereocenters. The number of hydrogen-bond donors (Lipinski definition) is 1. The van der Waals surface area contributed by atoms with Crippen LogP contribution < -0.4 is 19.1 Å². The molecule has 0 aliphatic carbocycles. The Morgan fingerprint density at radius 1 is 0.914 bits per heavy atom. The first-order valence-electron chi connectivity index (χ1n) is 11.4. The summed E-state index contributed by atoms with van der Waals surface area (Å²) in [6, 6.07) is 18.6. The molecule has 0 aliphatic rings. The van der Waals surface area contributed by atoms with Gasteiger partial charge in [-0.2, -0.15) is 0 Å². The van der Waals surface area contributed by atoms with Crippen LogP contribution in [0.4, 0.5) is 5.69 Å². The number of hydrogen-bond acceptors (Lipinski definition) is 5. The molecule has 1 unspecified atom stereocenters. The number of carbonyl (C=O) groups excluding carboxylic acids is 1. The highest BCUT2D eigenvalue weighted by atomic mass is 32.2. The predicted octanol–water partition coefficient (Wildman–Crippen LogP) is 4.78. The third-order valence-corrected chi connectivity index (χ3v) is 7.74. The van der Waals surface area contributed by atoms with Crippen molar-refractivity contribution in [2.75, 3.05) is 25.1 Å². The van der Waals surface area contributed by atoms with E-state index in [0.717, 1.165) is 21.0 Å². The Hall–Kier alpha value is -3.52. The van der Waals surface area contributed by atoms with Crippen molar-refractivity contribution < 1.29 is 22.7 Å². The zero-order chi connectivity index (χ0) is 25.6. The lowest BCUT2D eigenvalue weighted by Gasteiger charge is -2.26. The summed E-state index contributed by atoms with van der Waals surface area (Å²) in [4.78, 5) is 13.3. The molecule has 0 fully saturated rings. The average molecular weight is 497 g/mol. The maximum Gasteiger partial charge on any atom is 0.264 e. The Morgan fingerprint density at radius 3 is 2.20 bits per heavy atom. The molecule has 7 nitrogen and oxygen atoms in total. The summed E-state index contributed by atoms with van der Waals surface area (Å²) in [5, 5.41) is 2.98. The van der Waals surface area contributed by atoms with Crippen LogP contribution in [0.1, 0.15) is 36.1 Å². The first kappa shape index (κ1) is 26.1. The molecule has 0 heterocycles. The molecule has 3 aromatic rings. The number of aryl methyl sites for hydroxylation is 2. The highest BCUT2D eigenvalue weighted by Gasteiger charge is 2.28. The lowest BCUT2D eigenvalue weighted by atomic mass is 10.0. The van der Waals surface area contributed by atoms with Crippen LogP contribution in [0, 0.1) is 13.8 Å². The maximum absolute atomic E-state index is 13.6. The summed E-state index contributed by atoms with van der Waals surface area (Å²) in [7, 11) is -0.856. The standard InChI is InChI=1S/C27H32N2O5S/c1-6-24(21-13-15-25(33-4)26(17-21)34-5)28-27(30)18-29(22-14-12-19(2)20(3)16-22)35(31,32)23-10-8-7-9-11-23/h7-17,24H,6,18H2,1-5H3,(H,28,30). The molecule has 0 radical (unpaired) electrons. The number of anilines is 1. The minimum absolute atomic E-state index is 0.123. The van der Waals surface area contributed by atoms with E-state index in [2.05, 4.69) is 5.32 Å². The van der Waals surface area contributed by atoms with Crippen molar-refractivity contribution in [3.05, 3.63) is 83.4 Å². The van der Waals surface area contributed by atoms with Crippen LogP contribution in [0.5, 0.6) is 11.5 Å². The fourth-order valence-electron chi connectivity index (χ4n) is 3.78. The van der Waals surface area contributed by atoms with E-state index < -0.39 is 15.9 Å². The number of carbonyl (C=O) groups is 1. The third kappa shape index (κ3) is 5.95. The summed E-state index contributed by atoms with van der Waals surface area (Å²) in [5.41, 5.74) is 3.25. The van der Waals surface area contributed by atoms with Crippen molar-refractivity contribution in [2.45, 2.75) is 38.1 Å². The Kier molecular flexibility index (Phi) is 8.40. The highest BCUT2D eigenvalue weighted by molar-refractivity contribution is 7.92. The van der Waals surface area contributed by atoms with Crippen LogP contribution in [0.3, 0.4) is 0 Å². The summed E-state index contributed by atoms with van der Waals surface area (Å²) < 4.78 is 39.0. The zero-order valence-corrected chi connectivity index (χ0v) is 21.6. The molecule has 1 amide bonds. The minimum Gasteiger partial charge on any atom is -0.493 e. The Morgan fingerprint density at radius 2 is 1.60 bits per heavy atom. The van der Waals surface area contributed by atoms with Gasteiger partial charge in [0.25, 0.3) is 10.0 Å². The van der Waals surface area contributed by atoms with E-state index in [9.17, 15) is 13.2 Å². The second kappa shape index (κ2) is 11.3. The van der Waals surface area contributed by atoms with Gasteiger partial charge in [0.2, 0.25) is 5.91 Å². The normalized spacial score (nSPS) is 12.0. The summed E-state index contributed by atoms with van der Waals surface area (Å²) in [6.45, 7) is 5.46. The van der Waals surface area contributed by atoms with Gasteiger partial charge in [-0.25, -0.2) is 8.42 Å². The molecule has 3 rings (SSSR count). The molecule has 1 N–H and O–H groups in total. The van der Waals surface area contributed by atoms with Crippen molar-refractivity contribution >= 4 is 21.6 Å². The fraction of sp³-hybridized carbons (Fsp3) is 0.296. The first-order valence-corrected chi connectivity index (χ1v) is 12.8. The van der Waals surface area contributed by atoms with Gasteiger partial charge in [0.05, 0.1) is 30.8 Å². The highest BCUT2D eigenvalue weighted by Crippen LogP contribution is 2.31. The predicted molar refractivity (Wildman–Crippen MR) is 138 cm³/mol. The lowest BCUT2D eigenvalue weighted by molar-refractivity contribution is -0.120. The first-order chi connectivity index (χ1) is 16.7. The summed E-state index contributed by atoms with van der Waals surface area (Å²) in [5.74, 6) is 0.734. The monoisotopic (exact) mass is 496 g/mol. The smallest absolute Gasteiger partial charge is 0.264 e. The molecule has 0 aliphatic heterocycles. The number of benzene rings is 3. The number of sulfonamides is 1. The zero-order valence-electron chi connectivity index (χ0n) is 20.7. The van der Waals surface area contributed by atoms with Gasteiger partial charge in [0, 0.05) is 0 Å². The van der Waals surface area contributed by atoms with Crippen molar-refractivity contribution in [1.82, 2.24) is 5.32 Å². The van der Waals surface area contributed by atoms with Crippen molar-refractivity contribution in [1.29, 1.82) is 0 Å². The molecule has 0 aromatic heterocycles. The van der Waals surface area contributed by atoms with Gasteiger partial charge in [-0.05, 0) is 73.4 Å². The van der Waals surface area contributed by atoms with Gasteiger partial charge in [0.1, 0.15) is 6.54 Å². The second-order valence-corrected chi connectivity index (χ2v) is 10.1. The van der Waals surface area contributed by atoms with Gasteiger partial charge < -0.3 is 14.8 Å². The van der Waals surface area contributed by atoms with E-state index in [1.165, 1.54) is 12.1 Å².